The number of H-pyrrole nitrogens is 1. The molecule has 7 rings (SSSR count). The number of carbonyl (C=O) groups excluding carboxylic acids is 1. The van der Waals surface area contributed by atoms with E-state index in [1.165, 1.54) is 0 Å². The lowest BCUT2D eigenvalue weighted by atomic mass is 9.93. The Labute approximate surface area is 206 Å². The van der Waals surface area contributed by atoms with Crippen LogP contribution in [0.15, 0.2) is 36.7 Å². The van der Waals surface area contributed by atoms with Crippen LogP contribution in [0.3, 0.4) is 0 Å². The summed E-state index contributed by atoms with van der Waals surface area (Å²) >= 11 is 6.41. The zero-order chi connectivity index (χ0) is 23.7. The van der Waals surface area contributed by atoms with Crippen LogP contribution >= 0.6 is 11.6 Å². The predicted molar refractivity (Wildman–Crippen MR) is 134 cm³/mol. The Kier molecular flexibility index (Phi) is 4.39. The number of hydrogen-bond acceptors (Lipinski definition) is 6. The molecular weight excluding hydrogens is 464 g/mol. The Morgan fingerprint density at radius 3 is 2.83 bits per heavy atom. The van der Waals surface area contributed by atoms with E-state index in [1.54, 1.807) is 25.6 Å². The molecule has 35 heavy (non-hydrogen) atoms. The Hall–Kier alpha value is -3.65. The summed E-state index contributed by atoms with van der Waals surface area (Å²) in [6.45, 7) is 0.643. The molecule has 1 spiro atoms. The summed E-state index contributed by atoms with van der Waals surface area (Å²) in [4.78, 5) is 30.8. The van der Waals surface area contributed by atoms with Crippen LogP contribution in [-0.4, -0.2) is 39.5 Å². The molecule has 0 atom stereocenters. The van der Waals surface area contributed by atoms with E-state index in [-0.39, 0.29) is 11.3 Å². The van der Waals surface area contributed by atoms with E-state index in [1.807, 2.05) is 18.2 Å². The fourth-order valence-corrected chi connectivity index (χ4v) is 5.35. The number of fused-ring (bicyclic) bond motifs is 3. The number of para-hydroxylation sites is 1. The first kappa shape index (κ1) is 20.7. The van der Waals surface area contributed by atoms with Crippen LogP contribution in [-0.2, 0) is 5.41 Å². The van der Waals surface area contributed by atoms with Gasteiger partial charge < -0.3 is 20.4 Å². The molecule has 3 aliphatic rings. The van der Waals surface area contributed by atoms with E-state index in [2.05, 4.69) is 25.6 Å². The van der Waals surface area contributed by atoms with Crippen LogP contribution < -0.4 is 15.4 Å². The van der Waals surface area contributed by atoms with Gasteiger partial charge in [0, 0.05) is 35.3 Å². The summed E-state index contributed by atoms with van der Waals surface area (Å²) in [5.74, 6) is 1.68. The lowest BCUT2D eigenvalue weighted by Crippen LogP contribution is -2.39. The number of aromatic amines is 1. The minimum atomic E-state index is -0.102. The number of amides is 1. The zero-order valence-electron chi connectivity index (χ0n) is 19.1. The topological polar surface area (TPSA) is 105 Å². The molecule has 2 aliphatic carbocycles. The fraction of sp³-hybridized carbons (Fsp3) is 0.308. The minimum absolute atomic E-state index is 0.0483. The largest absolute Gasteiger partial charge is 0.493 e. The Balaban J connectivity index is 1.48. The van der Waals surface area contributed by atoms with Crippen molar-refractivity contribution in [3.8, 4) is 17.0 Å². The standard InChI is InChI=1S/C26H23ClN6O2/c1-35-22-15(27)3-2-4-16(22)31-21-18-23(26(8-9-26)12-30-25(18)34)32-20(21)14-7-10-28-17-11-29-24(13-5-6-13)33-19(14)17/h2-4,7,10-11,13,31-32H,5-6,8-9,12H2,1H3,(H,30,34). The number of anilines is 2. The zero-order valence-corrected chi connectivity index (χ0v) is 19.9. The van der Waals surface area contributed by atoms with Crippen LogP contribution in [0.4, 0.5) is 11.4 Å². The molecule has 8 nitrogen and oxygen atoms in total. The molecule has 4 heterocycles. The molecule has 0 radical (unpaired) electrons. The number of carbonyl (C=O) groups is 1. The number of benzene rings is 1. The van der Waals surface area contributed by atoms with E-state index in [4.69, 9.17) is 21.3 Å². The van der Waals surface area contributed by atoms with E-state index >= 15 is 0 Å². The van der Waals surface area contributed by atoms with Gasteiger partial charge in [0.2, 0.25) is 0 Å². The molecule has 4 aromatic rings. The van der Waals surface area contributed by atoms with Crippen LogP contribution in [0, 0.1) is 0 Å². The normalized spacial score (nSPS) is 17.8. The van der Waals surface area contributed by atoms with Gasteiger partial charge in [-0.3, -0.25) is 9.78 Å². The van der Waals surface area contributed by atoms with Gasteiger partial charge in [0.1, 0.15) is 16.9 Å². The number of rotatable bonds is 5. The lowest BCUT2D eigenvalue weighted by molar-refractivity contribution is 0.0938. The van der Waals surface area contributed by atoms with Crippen molar-refractivity contribution in [1.82, 2.24) is 25.3 Å². The van der Waals surface area contributed by atoms with Crippen molar-refractivity contribution in [2.45, 2.75) is 37.0 Å². The first-order chi connectivity index (χ1) is 17.1. The third-order valence-electron chi connectivity index (χ3n) is 7.34. The molecule has 0 bridgehead atoms. The quantitative estimate of drug-likeness (QED) is 0.363. The van der Waals surface area contributed by atoms with E-state index in [9.17, 15) is 4.79 Å². The molecule has 2 saturated carbocycles. The van der Waals surface area contributed by atoms with Crippen molar-refractivity contribution >= 4 is 39.9 Å². The van der Waals surface area contributed by atoms with Gasteiger partial charge in [0.25, 0.3) is 5.91 Å². The molecular formula is C26H23ClN6O2. The molecule has 1 aliphatic heterocycles. The Bertz CT molecular complexity index is 1520. The fourth-order valence-electron chi connectivity index (χ4n) is 5.10. The maximum absolute atomic E-state index is 13.2. The van der Waals surface area contributed by atoms with Crippen molar-refractivity contribution in [3.05, 3.63) is 58.8 Å². The van der Waals surface area contributed by atoms with Gasteiger partial charge in [-0.05, 0) is 43.9 Å². The lowest BCUT2D eigenvalue weighted by Gasteiger charge is -2.23. The van der Waals surface area contributed by atoms with Crippen molar-refractivity contribution < 1.29 is 9.53 Å². The number of hydrogen-bond donors (Lipinski definition) is 3. The van der Waals surface area contributed by atoms with Gasteiger partial charge in [0.05, 0.1) is 41.0 Å². The molecule has 1 aromatic carbocycles. The van der Waals surface area contributed by atoms with E-state index < -0.39 is 0 Å². The average Bonchev–Trinajstić information content (AvgIpc) is 3.80. The third kappa shape index (κ3) is 3.20. The number of methoxy groups -OCH3 is 1. The van der Waals surface area contributed by atoms with E-state index in [0.29, 0.717) is 40.2 Å². The molecule has 2 fully saturated rings. The average molecular weight is 487 g/mol. The molecule has 3 N–H and O–H groups in total. The highest BCUT2D eigenvalue weighted by atomic mass is 35.5. The first-order valence-corrected chi connectivity index (χ1v) is 12.2. The predicted octanol–water partition coefficient (Wildman–Crippen LogP) is 5.08. The van der Waals surface area contributed by atoms with Gasteiger partial charge >= 0.3 is 0 Å². The monoisotopic (exact) mass is 486 g/mol. The summed E-state index contributed by atoms with van der Waals surface area (Å²) in [7, 11) is 1.58. The van der Waals surface area contributed by atoms with Crippen molar-refractivity contribution in [2.24, 2.45) is 0 Å². The van der Waals surface area contributed by atoms with Crippen molar-refractivity contribution in [3.63, 3.8) is 0 Å². The summed E-state index contributed by atoms with van der Waals surface area (Å²) in [5.41, 5.74) is 6.09. The second kappa shape index (κ2) is 7.42. The number of ether oxygens (including phenoxy) is 1. The summed E-state index contributed by atoms with van der Waals surface area (Å²) < 4.78 is 5.58. The van der Waals surface area contributed by atoms with Gasteiger partial charge in [-0.25, -0.2) is 9.97 Å². The maximum atomic E-state index is 13.2. The number of nitrogens with zero attached hydrogens (tertiary/aromatic N) is 3. The highest BCUT2D eigenvalue weighted by molar-refractivity contribution is 6.32. The summed E-state index contributed by atoms with van der Waals surface area (Å²) in [6.07, 6.45) is 7.85. The summed E-state index contributed by atoms with van der Waals surface area (Å²) in [5, 5.41) is 7.07. The number of pyridine rings is 1. The highest BCUT2D eigenvalue weighted by Crippen LogP contribution is 2.54. The number of nitrogens with one attached hydrogen (secondary N) is 3. The molecule has 9 heteroatoms. The molecule has 1 amide bonds. The van der Waals surface area contributed by atoms with Gasteiger partial charge in [0.15, 0.2) is 5.75 Å². The molecule has 176 valence electrons. The maximum Gasteiger partial charge on any atom is 0.255 e. The van der Waals surface area contributed by atoms with Gasteiger partial charge in [-0.15, -0.1) is 0 Å². The van der Waals surface area contributed by atoms with Crippen molar-refractivity contribution in [1.29, 1.82) is 0 Å². The van der Waals surface area contributed by atoms with Gasteiger partial charge in [-0.1, -0.05) is 17.7 Å². The second-order valence-electron chi connectivity index (χ2n) is 9.63. The SMILES string of the molecule is COc1c(Cl)cccc1Nc1c(-c2ccnc3cnc(C4CC4)nc23)[nH]c2c1C(=O)NCC21CC1. The number of aromatic nitrogens is 4. The minimum Gasteiger partial charge on any atom is -0.493 e. The molecule has 3 aromatic heterocycles. The van der Waals surface area contributed by atoms with Crippen molar-refractivity contribution in [2.75, 3.05) is 19.0 Å². The van der Waals surface area contributed by atoms with Crippen LogP contribution in [0.5, 0.6) is 5.75 Å². The van der Waals surface area contributed by atoms with Crippen LogP contribution in [0.2, 0.25) is 5.02 Å². The Morgan fingerprint density at radius 2 is 2.06 bits per heavy atom. The van der Waals surface area contributed by atoms with E-state index in [0.717, 1.165) is 59.5 Å². The first-order valence-electron chi connectivity index (χ1n) is 11.8. The Morgan fingerprint density at radius 1 is 1.20 bits per heavy atom. The molecule has 0 unspecified atom stereocenters. The smallest absolute Gasteiger partial charge is 0.255 e. The van der Waals surface area contributed by atoms with Crippen LogP contribution in [0.1, 0.15) is 53.5 Å². The van der Waals surface area contributed by atoms with Gasteiger partial charge in [-0.2, -0.15) is 0 Å². The third-order valence-corrected chi connectivity index (χ3v) is 7.64. The second-order valence-corrected chi connectivity index (χ2v) is 10.0. The summed E-state index contributed by atoms with van der Waals surface area (Å²) in [6, 6.07) is 7.46. The van der Waals surface area contributed by atoms with Crippen LogP contribution in [0.25, 0.3) is 22.3 Å². The molecule has 0 saturated heterocycles. The number of halogens is 1. The highest BCUT2D eigenvalue weighted by Gasteiger charge is 2.51.